The lowest BCUT2D eigenvalue weighted by Gasteiger charge is -2.03. The molecule has 0 fully saturated rings. The standard InChI is InChI=1S/C11H11ClN2/c1-8-5-9(7-10(12)6-8)11-13-3-4-14(11)2/h3-7H,1-2H3. The molecule has 0 atom stereocenters. The Balaban J connectivity index is 2.57. The molecule has 2 rings (SSSR count). The predicted octanol–water partition coefficient (Wildman–Crippen LogP) is 3.05. The van der Waals surface area contributed by atoms with E-state index in [1.54, 1.807) is 6.20 Å². The third-order valence-corrected chi connectivity index (χ3v) is 2.34. The maximum atomic E-state index is 5.98. The minimum Gasteiger partial charge on any atom is -0.334 e. The molecule has 1 aromatic heterocycles. The van der Waals surface area contributed by atoms with Gasteiger partial charge in [-0.15, -0.1) is 0 Å². The smallest absolute Gasteiger partial charge is 0.139 e. The van der Waals surface area contributed by atoms with E-state index in [1.807, 2.05) is 36.9 Å². The van der Waals surface area contributed by atoms with Crippen molar-refractivity contribution < 1.29 is 0 Å². The molecule has 0 aliphatic rings. The minimum atomic E-state index is 0.753. The first-order valence-corrected chi connectivity index (χ1v) is 4.79. The normalized spacial score (nSPS) is 10.5. The molecule has 1 aromatic carbocycles. The third-order valence-electron chi connectivity index (χ3n) is 2.12. The van der Waals surface area contributed by atoms with Crippen LogP contribution in [0.5, 0.6) is 0 Å². The summed E-state index contributed by atoms with van der Waals surface area (Å²) in [5.74, 6) is 0.940. The Morgan fingerprint density at radius 1 is 1.29 bits per heavy atom. The van der Waals surface area contributed by atoms with Crippen molar-refractivity contribution >= 4 is 11.6 Å². The van der Waals surface area contributed by atoms with Crippen molar-refractivity contribution in [1.29, 1.82) is 0 Å². The number of nitrogens with zero attached hydrogens (tertiary/aromatic N) is 2. The zero-order chi connectivity index (χ0) is 10.1. The van der Waals surface area contributed by atoms with Crippen LogP contribution in [0.15, 0.2) is 30.6 Å². The quantitative estimate of drug-likeness (QED) is 0.701. The number of benzene rings is 1. The molecular weight excluding hydrogens is 196 g/mol. The van der Waals surface area contributed by atoms with E-state index in [9.17, 15) is 0 Å². The van der Waals surface area contributed by atoms with Crippen molar-refractivity contribution in [2.45, 2.75) is 6.92 Å². The Morgan fingerprint density at radius 2 is 2.07 bits per heavy atom. The van der Waals surface area contributed by atoms with Crippen LogP contribution in [0.25, 0.3) is 11.4 Å². The SMILES string of the molecule is Cc1cc(Cl)cc(-c2nccn2C)c1. The lowest BCUT2D eigenvalue weighted by molar-refractivity contribution is 0.924. The number of hydrogen-bond donors (Lipinski definition) is 0. The molecule has 0 radical (unpaired) electrons. The first kappa shape index (κ1) is 9.28. The highest BCUT2D eigenvalue weighted by Gasteiger charge is 2.04. The second-order valence-electron chi connectivity index (χ2n) is 3.38. The fraction of sp³-hybridized carbons (Fsp3) is 0.182. The predicted molar refractivity (Wildman–Crippen MR) is 58.4 cm³/mol. The van der Waals surface area contributed by atoms with Crippen molar-refractivity contribution in [2.75, 3.05) is 0 Å². The molecular formula is C11H11ClN2. The van der Waals surface area contributed by atoms with Gasteiger partial charge in [0.05, 0.1) is 0 Å². The number of imidazole rings is 1. The first-order valence-electron chi connectivity index (χ1n) is 4.42. The van der Waals surface area contributed by atoms with Crippen LogP contribution in [-0.2, 0) is 7.05 Å². The minimum absolute atomic E-state index is 0.753. The molecule has 0 aliphatic carbocycles. The molecule has 0 aliphatic heterocycles. The van der Waals surface area contributed by atoms with E-state index < -0.39 is 0 Å². The highest BCUT2D eigenvalue weighted by atomic mass is 35.5. The Kier molecular flexibility index (Phi) is 2.30. The average molecular weight is 207 g/mol. The van der Waals surface area contributed by atoms with Crippen LogP contribution in [0.1, 0.15) is 5.56 Å². The summed E-state index contributed by atoms with van der Waals surface area (Å²) in [7, 11) is 1.97. The summed E-state index contributed by atoms with van der Waals surface area (Å²) in [5.41, 5.74) is 2.21. The maximum Gasteiger partial charge on any atom is 0.139 e. The molecule has 2 aromatic rings. The Labute approximate surface area is 88.2 Å². The van der Waals surface area contributed by atoms with E-state index in [0.29, 0.717) is 0 Å². The third kappa shape index (κ3) is 1.66. The Bertz CT molecular complexity index is 440. The molecule has 3 heteroatoms. The molecule has 1 heterocycles. The van der Waals surface area contributed by atoms with Crippen LogP contribution in [0, 0.1) is 6.92 Å². The number of hydrogen-bond acceptors (Lipinski definition) is 1. The van der Waals surface area contributed by atoms with E-state index in [1.165, 1.54) is 0 Å². The van der Waals surface area contributed by atoms with Crippen molar-refractivity contribution in [3.63, 3.8) is 0 Å². The molecule has 0 amide bonds. The van der Waals surface area contributed by atoms with E-state index in [0.717, 1.165) is 22.0 Å². The van der Waals surface area contributed by atoms with Gasteiger partial charge in [-0.3, -0.25) is 0 Å². The molecule has 0 unspecified atom stereocenters. The summed E-state index contributed by atoms with van der Waals surface area (Å²) in [5, 5.41) is 0.753. The first-order chi connectivity index (χ1) is 6.66. The van der Waals surface area contributed by atoms with Crippen LogP contribution in [0.3, 0.4) is 0 Å². The zero-order valence-corrected chi connectivity index (χ0v) is 8.92. The summed E-state index contributed by atoms with van der Waals surface area (Å²) in [6.07, 6.45) is 3.71. The highest BCUT2D eigenvalue weighted by molar-refractivity contribution is 6.30. The summed E-state index contributed by atoms with van der Waals surface area (Å²) in [6, 6.07) is 5.94. The molecule has 0 spiro atoms. The van der Waals surface area contributed by atoms with Gasteiger partial charge in [-0.1, -0.05) is 11.6 Å². The van der Waals surface area contributed by atoms with Gasteiger partial charge < -0.3 is 4.57 Å². The summed E-state index contributed by atoms with van der Waals surface area (Å²) >= 11 is 5.98. The van der Waals surface area contributed by atoms with E-state index in [4.69, 9.17) is 11.6 Å². The lowest BCUT2D eigenvalue weighted by atomic mass is 10.1. The van der Waals surface area contributed by atoms with Crippen molar-refractivity contribution in [1.82, 2.24) is 9.55 Å². The lowest BCUT2D eigenvalue weighted by Crippen LogP contribution is -1.91. The van der Waals surface area contributed by atoms with Gasteiger partial charge in [0.1, 0.15) is 5.82 Å². The van der Waals surface area contributed by atoms with Crippen molar-refractivity contribution in [2.24, 2.45) is 7.05 Å². The van der Waals surface area contributed by atoms with Gasteiger partial charge in [-0.25, -0.2) is 4.98 Å². The van der Waals surface area contributed by atoms with Gasteiger partial charge in [-0.2, -0.15) is 0 Å². The van der Waals surface area contributed by atoms with Crippen molar-refractivity contribution in [3.8, 4) is 11.4 Å². The summed E-state index contributed by atoms with van der Waals surface area (Å²) in [6.45, 7) is 2.03. The fourth-order valence-corrected chi connectivity index (χ4v) is 1.80. The number of aryl methyl sites for hydroxylation is 2. The number of halogens is 1. The van der Waals surface area contributed by atoms with E-state index >= 15 is 0 Å². The fourth-order valence-electron chi connectivity index (χ4n) is 1.51. The topological polar surface area (TPSA) is 17.8 Å². The van der Waals surface area contributed by atoms with Crippen LogP contribution in [-0.4, -0.2) is 9.55 Å². The number of rotatable bonds is 1. The average Bonchev–Trinajstić information content (AvgIpc) is 2.49. The van der Waals surface area contributed by atoms with Gasteiger partial charge in [0.2, 0.25) is 0 Å². The van der Waals surface area contributed by atoms with E-state index in [-0.39, 0.29) is 0 Å². The van der Waals surface area contributed by atoms with Gasteiger partial charge in [-0.05, 0) is 30.7 Å². The molecule has 0 saturated heterocycles. The van der Waals surface area contributed by atoms with Gasteiger partial charge >= 0.3 is 0 Å². The summed E-state index contributed by atoms with van der Waals surface area (Å²) < 4.78 is 1.98. The molecule has 2 nitrogen and oxygen atoms in total. The van der Waals surface area contributed by atoms with Crippen LogP contribution >= 0.6 is 11.6 Å². The maximum absolute atomic E-state index is 5.98. The molecule has 0 saturated carbocycles. The van der Waals surface area contributed by atoms with Crippen LogP contribution < -0.4 is 0 Å². The second kappa shape index (κ2) is 3.46. The largest absolute Gasteiger partial charge is 0.334 e. The van der Waals surface area contributed by atoms with Gasteiger partial charge in [0.15, 0.2) is 0 Å². The molecule has 0 bridgehead atoms. The molecule has 0 N–H and O–H groups in total. The highest BCUT2D eigenvalue weighted by Crippen LogP contribution is 2.22. The molecule has 72 valence electrons. The second-order valence-corrected chi connectivity index (χ2v) is 3.82. The monoisotopic (exact) mass is 206 g/mol. The van der Waals surface area contributed by atoms with Gasteiger partial charge in [0, 0.05) is 30.0 Å². The zero-order valence-electron chi connectivity index (χ0n) is 8.16. The summed E-state index contributed by atoms with van der Waals surface area (Å²) in [4.78, 5) is 4.27. The van der Waals surface area contributed by atoms with E-state index in [2.05, 4.69) is 11.1 Å². The Morgan fingerprint density at radius 3 is 2.64 bits per heavy atom. The van der Waals surface area contributed by atoms with Crippen LogP contribution in [0.2, 0.25) is 5.02 Å². The number of aromatic nitrogens is 2. The van der Waals surface area contributed by atoms with Crippen LogP contribution in [0.4, 0.5) is 0 Å². The molecule has 14 heavy (non-hydrogen) atoms. The van der Waals surface area contributed by atoms with Gasteiger partial charge in [0.25, 0.3) is 0 Å². The van der Waals surface area contributed by atoms with Crippen molar-refractivity contribution in [3.05, 3.63) is 41.2 Å². The Hall–Kier alpha value is -1.28.